The number of nitrogens with two attached hydrogens (primary N) is 1. The van der Waals surface area contributed by atoms with Crippen LogP contribution in [0.3, 0.4) is 0 Å². The predicted molar refractivity (Wildman–Crippen MR) is 97.7 cm³/mol. The summed E-state index contributed by atoms with van der Waals surface area (Å²) in [5.41, 5.74) is 5.95. The molecule has 24 heavy (non-hydrogen) atoms. The minimum Gasteiger partial charge on any atom is -0.379 e. The number of hydrogen-bond acceptors (Lipinski definition) is 5. The Kier molecular flexibility index (Phi) is 12.4. The summed E-state index contributed by atoms with van der Waals surface area (Å²) in [4.78, 5) is 25.8. The largest absolute Gasteiger partial charge is 0.379 e. The third-order valence-electron chi connectivity index (χ3n) is 4.47. The molecule has 4 N–H and O–H groups in total. The van der Waals surface area contributed by atoms with Crippen LogP contribution in [0, 0.1) is 5.92 Å². The fourth-order valence-electron chi connectivity index (χ4n) is 3.05. The standard InChI is InChI=1S/C15H28N4O3.2ClH/c16-13-3-1-2-12(13)10-14(20)18-11-15(21)17-4-5-19-6-8-22-9-7-19;;/h12-13H,1-11,16H2,(H,17,21)(H,18,20);2*1H/t12-,13+;;/m0../s1. The Hall–Kier alpha value is -0.600. The molecular weight excluding hydrogens is 355 g/mol. The minimum atomic E-state index is -0.141. The third-order valence-corrected chi connectivity index (χ3v) is 4.47. The molecule has 1 saturated carbocycles. The quantitative estimate of drug-likeness (QED) is 0.569. The summed E-state index contributed by atoms with van der Waals surface area (Å²) in [6.45, 7) is 4.80. The molecule has 142 valence electrons. The van der Waals surface area contributed by atoms with Gasteiger partial charge >= 0.3 is 0 Å². The van der Waals surface area contributed by atoms with Gasteiger partial charge in [-0.2, -0.15) is 0 Å². The van der Waals surface area contributed by atoms with Crippen LogP contribution < -0.4 is 16.4 Å². The van der Waals surface area contributed by atoms with Crippen LogP contribution in [0.15, 0.2) is 0 Å². The second-order valence-electron chi connectivity index (χ2n) is 6.14. The maximum atomic E-state index is 11.8. The van der Waals surface area contributed by atoms with E-state index in [-0.39, 0.29) is 55.1 Å². The molecule has 2 atom stereocenters. The Balaban J connectivity index is 0.00000264. The highest BCUT2D eigenvalue weighted by molar-refractivity contribution is 5.86. The summed E-state index contributed by atoms with van der Waals surface area (Å²) < 4.78 is 5.27. The molecule has 9 heteroatoms. The molecular formula is C15H30Cl2N4O3. The summed E-state index contributed by atoms with van der Waals surface area (Å²) in [5, 5.41) is 5.51. The van der Waals surface area contributed by atoms with Gasteiger partial charge < -0.3 is 21.1 Å². The van der Waals surface area contributed by atoms with Gasteiger partial charge in [-0.05, 0) is 18.8 Å². The highest BCUT2D eigenvalue weighted by Gasteiger charge is 2.26. The van der Waals surface area contributed by atoms with Crippen LogP contribution in [-0.2, 0) is 14.3 Å². The number of hydrogen-bond donors (Lipinski definition) is 3. The van der Waals surface area contributed by atoms with Gasteiger partial charge in [0.1, 0.15) is 0 Å². The van der Waals surface area contributed by atoms with Crippen LogP contribution >= 0.6 is 24.8 Å². The molecule has 2 rings (SSSR count). The first kappa shape index (κ1) is 23.4. The molecule has 7 nitrogen and oxygen atoms in total. The molecule has 0 aromatic carbocycles. The first-order chi connectivity index (χ1) is 10.6. The highest BCUT2D eigenvalue weighted by atomic mass is 35.5. The number of carbonyl (C=O) groups is 2. The second kappa shape index (κ2) is 12.7. The normalized spacial score (nSPS) is 23.7. The molecule has 0 spiro atoms. The molecule has 1 aliphatic carbocycles. The first-order valence-electron chi connectivity index (χ1n) is 8.24. The Morgan fingerprint density at radius 2 is 1.79 bits per heavy atom. The molecule has 0 unspecified atom stereocenters. The van der Waals surface area contributed by atoms with E-state index < -0.39 is 0 Å². The molecule has 1 aliphatic heterocycles. The van der Waals surface area contributed by atoms with E-state index in [1.54, 1.807) is 0 Å². The first-order valence-corrected chi connectivity index (χ1v) is 8.24. The van der Waals surface area contributed by atoms with Crippen LogP contribution in [0.2, 0.25) is 0 Å². The molecule has 1 saturated heterocycles. The number of morpholine rings is 1. The second-order valence-corrected chi connectivity index (χ2v) is 6.14. The summed E-state index contributed by atoms with van der Waals surface area (Å²) in [7, 11) is 0. The number of halogens is 2. The Morgan fingerprint density at radius 1 is 1.08 bits per heavy atom. The van der Waals surface area contributed by atoms with E-state index in [1.165, 1.54) is 0 Å². The highest BCUT2D eigenvalue weighted by Crippen LogP contribution is 2.26. The van der Waals surface area contributed by atoms with E-state index >= 15 is 0 Å². The zero-order valence-corrected chi connectivity index (χ0v) is 15.6. The van der Waals surface area contributed by atoms with Gasteiger partial charge in [0.05, 0.1) is 19.8 Å². The van der Waals surface area contributed by atoms with Gasteiger partial charge in [-0.1, -0.05) is 6.42 Å². The Morgan fingerprint density at radius 3 is 2.42 bits per heavy atom. The van der Waals surface area contributed by atoms with Crippen molar-refractivity contribution in [3.63, 3.8) is 0 Å². The molecule has 0 aromatic rings. The van der Waals surface area contributed by atoms with Gasteiger partial charge in [0, 0.05) is 38.6 Å². The van der Waals surface area contributed by atoms with Crippen LogP contribution in [0.1, 0.15) is 25.7 Å². The lowest BCUT2D eigenvalue weighted by atomic mass is 10.00. The van der Waals surface area contributed by atoms with E-state index in [2.05, 4.69) is 15.5 Å². The fourth-order valence-corrected chi connectivity index (χ4v) is 3.05. The minimum absolute atomic E-state index is 0. The van der Waals surface area contributed by atoms with Crippen LogP contribution in [0.4, 0.5) is 0 Å². The van der Waals surface area contributed by atoms with Gasteiger partial charge in [0.25, 0.3) is 0 Å². The lowest BCUT2D eigenvalue weighted by Gasteiger charge is -2.26. The van der Waals surface area contributed by atoms with Gasteiger partial charge in [-0.25, -0.2) is 0 Å². The van der Waals surface area contributed by atoms with E-state index in [9.17, 15) is 9.59 Å². The maximum absolute atomic E-state index is 11.8. The van der Waals surface area contributed by atoms with Crippen molar-refractivity contribution in [1.29, 1.82) is 0 Å². The van der Waals surface area contributed by atoms with Gasteiger partial charge in [0.2, 0.25) is 11.8 Å². The van der Waals surface area contributed by atoms with Crippen LogP contribution in [0.5, 0.6) is 0 Å². The van der Waals surface area contributed by atoms with E-state index in [1.807, 2.05) is 0 Å². The average Bonchev–Trinajstić information content (AvgIpc) is 2.91. The van der Waals surface area contributed by atoms with Crippen molar-refractivity contribution in [3.05, 3.63) is 0 Å². The topological polar surface area (TPSA) is 96.7 Å². The van der Waals surface area contributed by atoms with Gasteiger partial charge in [-0.15, -0.1) is 24.8 Å². The van der Waals surface area contributed by atoms with E-state index in [0.717, 1.165) is 52.1 Å². The van der Waals surface area contributed by atoms with Crippen LogP contribution in [-0.4, -0.2) is 68.7 Å². The average molecular weight is 385 g/mol. The molecule has 2 fully saturated rings. The fraction of sp³-hybridized carbons (Fsp3) is 0.867. The zero-order valence-electron chi connectivity index (χ0n) is 14.0. The summed E-state index contributed by atoms with van der Waals surface area (Å²) >= 11 is 0. The number of amides is 2. The lowest BCUT2D eigenvalue weighted by molar-refractivity contribution is -0.126. The SMILES string of the molecule is Cl.Cl.N[C@@H]1CCC[C@H]1CC(=O)NCC(=O)NCCN1CCOCC1. The number of carbonyl (C=O) groups excluding carboxylic acids is 2. The molecule has 1 heterocycles. The van der Waals surface area contributed by atoms with Crippen molar-refractivity contribution >= 4 is 36.6 Å². The van der Waals surface area contributed by atoms with Gasteiger partial charge in [0.15, 0.2) is 0 Å². The maximum Gasteiger partial charge on any atom is 0.239 e. The van der Waals surface area contributed by atoms with Crippen molar-refractivity contribution in [3.8, 4) is 0 Å². The summed E-state index contributed by atoms with van der Waals surface area (Å²) in [5.74, 6) is 0.0485. The number of ether oxygens (including phenoxy) is 1. The van der Waals surface area contributed by atoms with Crippen LogP contribution in [0.25, 0.3) is 0 Å². The molecule has 0 radical (unpaired) electrons. The molecule has 2 amide bonds. The zero-order chi connectivity index (χ0) is 15.8. The summed E-state index contributed by atoms with van der Waals surface area (Å²) in [6, 6.07) is 0.132. The monoisotopic (exact) mass is 384 g/mol. The smallest absolute Gasteiger partial charge is 0.239 e. The third kappa shape index (κ3) is 8.48. The van der Waals surface area contributed by atoms with Crippen molar-refractivity contribution in [2.75, 3.05) is 45.9 Å². The summed E-state index contributed by atoms with van der Waals surface area (Å²) in [6.07, 6.45) is 3.55. The molecule has 0 bridgehead atoms. The number of nitrogens with zero attached hydrogens (tertiary/aromatic N) is 1. The Labute approximate surface area is 156 Å². The van der Waals surface area contributed by atoms with E-state index in [4.69, 9.17) is 10.5 Å². The van der Waals surface area contributed by atoms with Crippen molar-refractivity contribution < 1.29 is 14.3 Å². The van der Waals surface area contributed by atoms with Crippen molar-refractivity contribution in [1.82, 2.24) is 15.5 Å². The predicted octanol–water partition coefficient (Wildman–Crippen LogP) is -0.0879. The number of rotatable bonds is 7. The molecule has 2 aliphatic rings. The van der Waals surface area contributed by atoms with Gasteiger partial charge in [-0.3, -0.25) is 14.5 Å². The lowest BCUT2D eigenvalue weighted by Crippen LogP contribution is -2.43. The Bertz CT molecular complexity index is 382. The van der Waals surface area contributed by atoms with Crippen molar-refractivity contribution in [2.45, 2.75) is 31.7 Å². The molecule has 0 aromatic heterocycles. The number of nitrogens with one attached hydrogen (secondary N) is 2. The van der Waals surface area contributed by atoms with E-state index in [0.29, 0.717) is 13.0 Å². The van der Waals surface area contributed by atoms with Crippen molar-refractivity contribution in [2.24, 2.45) is 11.7 Å².